The average molecular weight is 222 g/mol. The SMILES string of the molecule is CCN(CC)c1cc(NC(C)C)nc(C)n1. The van der Waals surface area contributed by atoms with E-state index < -0.39 is 0 Å². The van der Waals surface area contributed by atoms with Gasteiger partial charge in [0.2, 0.25) is 0 Å². The van der Waals surface area contributed by atoms with Gasteiger partial charge in [0.25, 0.3) is 0 Å². The number of anilines is 2. The van der Waals surface area contributed by atoms with E-state index in [1.807, 2.05) is 13.0 Å². The molecule has 0 aromatic carbocycles. The molecule has 0 radical (unpaired) electrons. The summed E-state index contributed by atoms with van der Waals surface area (Å²) in [6.07, 6.45) is 0. The van der Waals surface area contributed by atoms with Crippen molar-refractivity contribution >= 4 is 11.6 Å². The van der Waals surface area contributed by atoms with Crippen LogP contribution in [0.4, 0.5) is 11.6 Å². The van der Waals surface area contributed by atoms with E-state index in [1.165, 1.54) is 0 Å². The predicted molar refractivity (Wildman–Crippen MR) is 69.1 cm³/mol. The molecule has 0 spiro atoms. The fourth-order valence-electron chi connectivity index (χ4n) is 1.63. The maximum atomic E-state index is 4.46. The zero-order chi connectivity index (χ0) is 12.1. The van der Waals surface area contributed by atoms with Crippen molar-refractivity contribution in [3.8, 4) is 0 Å². The lowest BCUT2D eigenvalue weighted by atomic mass is 10.3. The molecule has 90 valence electrons. The Balaban J connectivity index is 2.97. The minimum atomic E-state index is 0.388. The highest BCUT2D eigenvalue weighted by Crippen LogP contribution is 2.16. The van der Waals surface area contributed by atoms with Gasteiger partial charge in [0.1, 0.15) is 17.5 Å². The van der Waals surface area contributed by atoms with Gasteiger partial charge < -0.3 is 10.2 Å². The number of nitrogens with one attached hydrogen (secondary N) is 1. The van der Waals surface area contributed by atoms with Crippen LogP contribution in [0.5, 0.6) is 0 Å². The molecular formula is C12H22N4. The number of aryl methyl sites for hydroxylation is 1. The molecule has 0 aliphatic rings. The summed E-state index contributed by atoms with van der Waals surface area (Å²) in [7, 11) is 0. The Morgan fingerprint density at radius 3 is 2.38 bits per heavy atom. The van der Waals surface area contributed by atoms with Gasteiger partial charge in [0, 0.05) is 25.2 Å². The zero-order valence-electron chi connectivity index (χ0n) is 10.9. The largest absolute Gasteiger partial charge is 0.368 e. The minimum absolute atomic E-state index is 0.388. The van der Waals surface area contributed by atoms with Crippen molar-refractivity contribution in [2.24, 2.45) is 0 Å². The Morgan fingerprint density at radius 2 is 1.88 bits per heavy atom. The number of hydrogen-bond acceptors (Lipinski definition) is 4. The first-order chi connectivity index (χ1) is 7.56. The van der Waals surface area contributed by atoms with Gasteiger partial charge in [-0.2, -0.15) is 0 Å². The molecule has 4 nitrogen and oxygen atoms in total. The van der Waals surface area contributed by atoms with Crippen LogP contribution in [0.15, 0.2) is 6.07 Å². The topological polar surface area (TPSA) is 41.0 Å². The fourth-order valence-corrected chi connectivity index (χ4v) is 1.63. The van der Waals surface area contributed by atoms with Crippen molar-refractivity contribution < 1.29 is 0 Å². The van der Waals surface area contributed by atoms with Crippen molar-refractivity contribution in [2.75, 3.05) is 23.3 Å². The van der Waals surface area contributed by atoms with Crippen molar-refractivity contribution in [3.63, 3.8) is 0 Å². The molecule has 0 fully saturated rings. The van der Waals surface area contributed by atoms with Gasteiger partial charge in [-0.1, -0.05) is 0 Å². The standard InChI is InChI=1S/C12H22N4/c1-6-16(7-2)12-8-11(13-9(3)4)14-10(5)15-12/h8-9H,6-7H2,1-5H3,(H,13,14,15). The van der Waals surface area contributed by atoms with Crippen LogP contribution >= 0.6 is 0 Å². The Morgan fingerprint density at radius 1 is 1.25 bits per heavy atom. The van der Waals surface area contributed by atoms with E-state index in [1.54, 1.807) is 0 Å². The van der Waals surface area contributed by atoms with Gasteiger partial charge in [0.15, 0.2) is 0 Å². The maximum Gasteiger partial charge on any atom is 0.134 e. The highest BCUT2D eigenvalue weighted by Gasteiger charge is 2.07. The first-order valence-corrected chi connectivity index (χ1v) is 5.94. The van der Waals surface area contributed by atoms with Crippen molar-refractivity contribution in [1.29, 1.82) is 0 Å². The number of aromatic nitrogens is 2. The van der Waals surface area contributed by atoms with E-state index >= 15 is 0 Å². The van der Waals surface area contributed by atoms with Crippen LogP contribution in [-0.2, 0) is 0 Å². The molecule has 1 aromatic heterocycles. The van der Waals surface area contributed by atoms with Gasteiger partial charge in [-0.05, 0) is 34.6 Å². The molecule has 0 saturated carbocycles. The summed E-state index contributed by atoms with van der Waals surface area (Å²) in [6.45, 7) is 12.3. The Hall–Kier alpha value is -1.32. The van der Waals surface area contributed by atoms with E-state index in [2.05, 4.69) is 47.9 Å². The second-order valence-corrected chi connectivity index (χ2v) is 4.13. The van der Waals surface area contributed by atoms with Gasteiger partial charge >= 0.3 is 0 Å². The third-order valence-corrected chi connectivity index (χ3v) is 2.35. The molecule has 16 heavy (non-hydrogen) atoms. The summed E-state index contributed by atoms with van der Waals surface area (Å²) in [5, 5.41) is 3.31. The van der Waals surface area contributed by atoms with Crippen LogP contribution in [0.1, 0.15) is 33.5 Å². The average Bonchev–Trinajstić information content (AvgIpc) is 2.17. The molecule has 0 bridgehead atoms. The molecule has 1 N–H and O–H groups in total. The second kappa shape index (κ2) is 5.68. The zero-order valence-corrected chi connectivity index (χ0v) is 10.9. The van der Waals surface area contributed by atoms with Crippen LogP contribution in [0, 0.1) is 6.92 Å². The third kappa shape index (κ3) is 3.36. The summed E-state index contributed by atoms with van der Waals surface area (Å²) in [6, 6.07) is 2.40. The third-order valence-electron chi connectivity index (χ3n) is 2.35. The summed E-state index contributed by atoms with van der Waals surface area (Å²) in [5.41, 5.74) is 0. The van der Waals surface area contributed by atoms with Crippen LogP contribution < -0.4 is 10.2 Å². The maximum absolute atomic E-state index is 4.46. The first-order valence-electron chi connectivity index (χ1n) is 5.94. The molecule has 0 saturated heterocycles. The first kappa shape index (κ1) is 12.7. The molecule has 0 aliphatic heterocycles. The van der Waals surface area contributed by atoms with E-state index in [-0.39, 0.29) is 0 Å². The van der Waals surface area contributed by atoms with Crippen LogP contribution in [0.3, 0.4) is 0 Å². The van der Waals surface area contributed by atoms with Crippen LogP contribution in [0.2, 0.25) is 0 Å². The van der Waals surface area contributed by atoms with Gasteiger partial charge in [-0.25, -0.2) is 9.97 Å². The quantitative estimate of drug-likeness (QED) is 0.831. The van der Waals surface area contributed by atoms with Gasteiger partial charge in [-0.3, -0.25) is 0 Å². The number of hydrogen-bond donors (Lipinski definition) is 1. The summed E-state index contributed by atoms with van der Waals surface area (Å²) in [4.78, 5) is 11.1. The molecule has 1 rings (SSSR count). The lowest BCUT2D eigenvalue weighted by molar-refractivity contribution is 0.828. The predicted octanol–water partition coefficient (Wildman–Crippen LogP) is 2.45. The van der Waals surface area contributed by atoms with Crippen LogP contribution in [-0.4, -0.2) is 29.1 Å². The normalized spacial score (nSPS) is 10.6. The summed E-state index contributed by atoms with van der Waals surface area (Å²) >= 11 is 0. The lowest BCUT2D eigenvalue weighted by Crippen LogP contribution is -2.24. The number of rotatable bonds is 5. The molecule has 0 amide bonds. The fraction of sp³-hybridized carbons (Fsp3) is 0.667. The van der Waals surface area contributed by atoms with E-state index in [9.17, 15) is 0 Å². The van der Waals surface area contributed by atoms with E-state index in [0.717, 1.165) is 30.5 Å². The highest BCUT2D eigenvalue weighted by molar-refractivity contribution is 5.49. The molecule has 1 aromatic rings. The molecule has 0 unspecified atom stereocenters. The Bertz CT molecular complexity index is 332. The molecule has 0 aliphatic carbocycles. The number of nitrogens with zero attached hydrogens (tertiary/aromatic N) is 3. The van der Waals surface area contributed by atoms with Crippen LogP contribution in [0.25, 0.3) is 0 Å². The van der Waals surface area contributed by atoms with Crippen molar-refractivity contribution in [3.05, 3.63) is 11.9 Å². The lowest BCUT2D eigenvalue weighted by Gasteiger charge is -2.21. The van der Waals surface area contributed by atoms with Crippen molar-refractivity contribution in [2.45, 2.75) is 40.7 Å². The Kier molecular flexibility index (Phi) is 4.52. The minimum Gasteiger partial charge on any atom is -0.368 e. The molecule has 0 atom stereocenters. The summed E-state index contributed by atoms with van der Waals surface area (Å²) < 4.78 is 0. The smallest absolute Gasteiger partial charge is 0.134 e. The highest BCUT2D eigenvalue weighted by atomic mass is 15.2. The summed E-state index contributed by atoms with van der Waals surface area (Å²) in [5.74, 6) is 2.72. The van der Waals surface area contributed by atoms with Crippen molar-refractivity contribution in [1.82, 2.24) is 9.97 Å². The second-order valence-electron chi connectivity index (χ2n) is 4.13. The monoisotopic (exact) mass is 222 g/mol. The molecular weight excluding hydrogens is 200 g/mol. The van der Waals surface area contributed by atoms with Gasteiger partial charge in [0.05, 0.1) is 0 Å². The molecule has 1 heterocycles. The Labute approximate surface area is 98.1 Å². The van der Waals surface area contributed by atoms with E-state index in [0.29, 0.717) is 6.04 Å². The van der Waals surface area contributed by atoms with E-state index in [4.69, 9.17) is 0 Å². The molecule has 4 heteroatoms. The van der Waals surface area contributed by atoms with Gasteiger partial charge in [-0.15, -0.1) is 0 Å².